The molecule has 2 unspecified atom stereocenters. The lowest BCUT2D eigenvalue weighted by Crippen LogP contribution is -2.53. The van der Waals surface area contributed by atoms with E-state index < -0.39 is 0 Å². The molecular weight excluding hydrogens is 174 g/mol. The van der Waals surface area contributed by atoms with Gasteiger partial charge < -0.3 is 10.0 Å². The third-order valence-corrected chi connectivity index (χ3v) is 3.87. The van der Waals surface area contributed by atoms with Crippen LogP contribution in [0.1, 0.15) is 47.0 Å². The highest BCUT2D eigenvalue weighted by atomic mass is 16.3. The lowest BCUT2D eigenvalue weighted by molar-refractivity contribution is -0.0359. The molecule has 0 rings (SSSR count). The fraction of sp³-hybridized carbons (Fsp3) is 1.00. The van der Waals surface area contributed by atoms with Crippen LogP contribution in [0.2, 0.25) is 0 Å². The lowest BCUT2D eigenvalue weighted by Gasteiger charge is -2.43. The quantitative estimate of drug-likeness (QED) is 0.714. The predicted octanol–water partition coefficient (Wildman–Crippen LogP) is 2.51. The van der Waals surface area contributed by atoms with E-state index in [1.54, 1.807) is 0 Å². The SMILES string of the molecule is CCC(CC)C(O)C(C)(CC)N(C)C. The summed E-state index contributed by atoms with van der Waals surface area (Å²) in [6.45, 7) is 8.60. The number of hydrogen-bond acceptors (Lipinski definition) is 2. The van der Waals surface area contributed by atoms with Gasteiger partial charge in [0, 0.05) is 5.54 Å². The Morgan fingerprint density at radius 1 is 1.14 bits per heavy atom. The normalized spacial score (nSPS) is 18.6. The summed E-state index contributed by atoms with van der Waals surface area (Å²) in [5.41, 5.74) is -0.0866. The topological polar surface area (TPSA) is 23.5 Å². The highest BCUT2D eigenvalue weighted by molar-refractivity contribution is 4.92. The molecule has 0 aliphatic rings. The molecule has 2 atom stereocenters. The van der Waals surface area contributed by atoms with Gasteiger partial charge in [0.05, 0.1) is 6.10 Å². The average Bonchev–Trinajstić information content (AvgIpc) is 2.17. The molecule has 0 saturated carbocycles. The van der Waals surface area contributed by atoms with Crippen LogP contribution in [0.3, 0.4) is 0 Å². The molecule has 86 valence electrons. The van der Waals surface area contributed by atoms with Gasteiger partial charge in [-0.2, -0.15) is 0 Å². The van der Waals surface area contributed by atoms with Gasteiger partial charge >= 0.3 is 0 Å². The predicted molar refractivity (Wildman–Crippen MR) is 62.5 cm³/mol. The zero-order chi connectivity index (χ0) is 11.4. The summed E-state index contributed by atoms with van der Waals surface area (Å²) in [5, 5.41) is 10.4. The third-order valence-electron chi connectivity index (χ3n) is 3.87. The van der Waals surface area contributed by atoms with Crippen molar-refractivity contribution in [2.75, 3.05) is 14.1 Å². The molecule has 0 amide bonds. The van der Waals surface area contributed by atoms with Gasteiger partial charge in [-0.1, -0.05) is 33.6 Å². The molecule has 0 heterocycles. The van der Waals surface area contributed by atoms with E-state index in [9.17, 15) is 5.11 Å². The van der Waals surface area contributed by atoms with Crippen molar-refractivity contribution < 1.29 is 5.11 Å². The van der Waals surface area contributed by atoms with E-state index in [2.05, 4.69) is 46.7 Å². The second-order valence-electron chi connectivity index (χ2n) is 4.63. The molecule has 0 aromatic rings. The van der Waals surface area contributed by atoms with Gasteiger partial charge in [0.25, 0.3) is 0 Å². The Bertz CT molecular complexity index is 154. The molecule has 0 bridgehead atoms. The number of hydrogen-bond donors (Lipinski definition) is 1. The van der Waals surface area contributed by atoms with Crippen LogP contribution in [0.25, 0.3) is 0 Å². The molecule has 1 N–H and O–H groups in total. The minimum absolute atomic E-state index is 0.0866. The average molecular weight is 201 g/mol. The molecule has 0 aromatic heterocycles. The van der Waals surface area contributed by atoms with Crippen LogP contribution >= 0.6 is 0 Å². The van der Waals surface area contributed by atoms with Crippen LogP contribution in [-0.4, -0.2) is 35.7 Å². The second kappa shape index (κ2) is 5.72. The van der Waals surface area contributed by atoms with Crippen molar-refractivity contribution in [3.8, 4) is 0 Å². The van der Waals surface area contributed by atoms with Crippen molar-refractivity contribution in [3.63, 3.8) is 0 Å². The third kappa shape index (κ3) is 2.71. The fourth-order valence-electron chi connectivity index (χ4n) is 2.03. The summed E-state index contributed by atoms with van der Waals surface area (Å²) >= 11 is 0. The van der Waals surface area contributed by atoms with E-state index in [0.717, 1.165) is 19.3 Å². The largest absolute Gasteiger partial charge is 0.391 e. The van der Waals surface area contributed by atoms with Crippen LogP contribution in [0, 0.1) is 5.92 Å². The summed E-state index contributed by atoms with van der Waals surface area (Å²) in [7, 11) is 4.10. The molecule has 0 radical (unpaired) electrons. The Labute approximate surface area is 89.3 Å². The van der Waals surface area contributed by atoms with Crippen molar-refractivity contribution >= 4 is 0 Å². The van der Waals surface area contributed by atoms with Crippen molar-refractivity contribution in [1.29, 1.82) is 0 Å². The number of likely N-dealkylation sites (N-methyl/N-ethyl adjacent to an activating group) is 1. The zero-order valence-corrected chi connectivity index (χ0v) is 10.7. The first-order valence-electron chi connectivity index (χ1n) is 5.79. The van der Waals surface area contributed by atoms with Gasteiger partial charge in [-0.25, -0.2) is 0 Å². The van der Waals surface area contributed by atoms with Gasteiger partial charge in [-0.3, -0.25) is 0 Å². The smallest absolute Gasteiger partial charge is 0.0748 e. The van der Waals surface area contributed by atoms with Gasteiger partial charge in [0.15, 0.2) is 0 Å². The Balaban J connectivity index is 4.66. The summed E-state index contributed by atoms with van der Waals surface area (Å²) in [5.74, 6) is 0.419. The molecular formula is C12H27NO. The van der Waals surface area contributed by atoms with E-state index in [1.807, 2.05) is 0 Å². The molecule has 0 spiro atoms. The maximum Gasteiger partial charge on any atom is 0.0748 e. The van der Waals surface area contributed by atoms with E-state index in [0.29, 0.717) is 5.92 Å². The van der Waals surface area contributed by atoms with E-state index in [1.165, 1.54) is 0 Å². The van der Waals surface area contributed by atoms with Gasteiger partial charge in [-0.05, 0) is 33.4 Å². The number of aliphatic hydroxyl groups is 1. The zero-order valence-electron chi connectivity index (χ0n) is 10.7. The van der Waals surface area contributed by atoms with Crippen molar-refractivity contribution in [3.05, 3.63) is 0 Å². The maximum atomic E-state index is 10.4. The minimum Gasteiger partial charge on any atom is -0.391 e. The van der Waals surface area contributed by atoms with Crippen LogP contribution < -0.4 is 0 Å². The standard InChI is InChI=1S/C12H27NO/c1-7-10(8-2)11(14)12(4,9-3)13(5)6/h10-11,14H,7-9H2,1-6H3. The van der Waals surface area contributed by atoms with Crippen molar-refractivity contribution in [2.24, 2.45) is 5.92 Å². The molecule has 0 aliphatic carbocycles. The number of nitrogens with zero attached hydrogens (tertiary/aromatic N) is 1. The second-order valence-corrected chi connectivity index (χ2v) is 4.63. The Kier molecular flexibility index (Phi) is 5.68. The minimum atomic E-state index is -0.225. The van der Waals surface area contributed by atoms with Crippen LogP contribution in [0.4, 0.5) is 0 Å². The Morgan fingerprint density at radius 2 is 1.57 bits per heavy atom. The fourth-order valence-corrected chi connectivity index (χ4v) is 2.03. The molecule has 2 heteroatoms. The molecule has 0 aromatic carbocycles. The Hall–Kier alpha value is -0.0800. The summed E-state index contributed by atoms with van der Waals surface area (Å²) in [6, 6.07) is 0. The molecule has 2 nitrogen and oxygen atoms in total. The molecule has 0 saturated heterocycles. The number of rotatable bonds is 6. The monoisotopic (exact) mass is 201 g/mol. The summed E-state index contributed by atoms with van der Waals surface area (Å²) < 4.78 is 0. The van der Waals surface area contributed by atoms with E-state index in [4.69, 9.17) is 0 Å². The van der Waals surface area contributed by atoms with Crippen LogP contribution in [0.15, 0.2) is 0 Å². The highest BCUT2D eigenvalue weighted by Gasteiger charge is 2.36. The van der Waals surface area contributed by atoms with Crippen molar-refractivity contribution in [2.45, 2.75) is 58.6 Å². The first-order valence-corrected chi connectivity index (χ1v) is 5.79. The molecule has 0 aliphatic heterocycles. The van der Waals surface area contributed by atoms with Crippen molar-refractivity contribution in [1.82, 2.24) is 4.90 Å². The lowest BCUT2D eigenvalue weighted by atomic mass is 9.80. The van der Waals surface area contributed by atoms with Gasteiger partial charge in [0.2, 0.25) is 0 Å². The molecule has 14 heavy (non-hydrogen) atoms. The Morgan fingerprint density at radius 3 is 1.79 bits per heavy atom. The summed E-state index contributed by atoms with van der Waals surface area (Å²) in [6.07, 6.45) is 2.87. The summed E-state index contributed by atoms with van der Waals surface area (Å²) in [4.78, 5) is 2.15. The maximum absolute atomic E-state index is 10.4. The highest BCUT2D eigenvalue weighted by Crippen LogP contribution is 2.29. The first-order chi connectivity index (χ1) is 6.43. The van der Waals surface area contributed by atoms with Gasteiger partial charge in [-0.15, -0.1) is 0 Å². The molecule has 0 fully saturated rings. The number of aliphatic hydroxyl groups excluding tert-OH is 1. The van der Waals surface area contributed by atoms with E-state index in [-0.39, 0.29) is 11.6 Å². The van der Waals surface area contributed by atoms with Gasteiger partial charge in [0.1, 0.15) is 0 Å². The first kappa shape index (κ1) is 13.9. The van der Waals surface area contributed by atoms with Crippen LogP contribution in [-0.2, 0) is 0 Å². The van der Waals surface area contributed by atoms with Crippen LogP contribution in [0.5, 0.6) is 0 Å². The van der Waals surface area contributed by atoms with E-state index >= 15 is 0 Å².